The van der Waals surface area contributed by atoms with Crippen molar-refractivity contribution in [2.24, 2.45) is 0 Å². The van der Waals surface area contributed by atoms with E-state index in [-0.39, 0.29) is 0 Å². The molecule has 19 heavy (non-hydrogen) atoms. The number of likely N-dealkylation sites (tertiary alicyclic amines) is 1. The molecule has 1 N–H and O–H groups in total. The van der Waals surface area contributed by atoms with Crippen LogP contribution in [0, 0.1) is 0 Å². The van der Waals surface area contributed by atoms with Gasteiger partial charge in [0.15, 0.2) is 0 Å². The summed E-state index contributed by atoms with van der Waals surface area (Å²) in [6, 6.07) is 8.57. The maximum Gasteiger partial charge on any atom is 0.124 e. The lowest BCUT2D eigenvalue weighted by Crippen LogP contribution is -2.51. The molecule has 0 bridgehead atoms. The first-order valence-electron chi connectivity index (χ1n) is 7.17. The Morgan fingerprint density at radius 2 is 2.05 bits per heavy atom. The smallest absolute Gasteiger partial charge is 0.124 e. The van der Waals surface area contributed by atoms with Crippen LogP contribution in [0.15, 0.2) is 24.3 Å². The van der Waals surface area contributed by atoms with Gasteiger partial charge in [0.2, 0.25) is 0 Å². The van der Waals surface area contributed by atoms with E-state index in [2.05, 4.69) is 46.4 Å². The Bertz CT molecular complexity index is 412. The van der Waals surface area contributed by atoms with Gasteiger partial charge >= 0.3 is 0 Å². The van der Waals surface area contributed by atoms with Crippen molar-refractivity contribution in [1.29, 1.82) is 0 Å². The maximum absolute atomic E-state index is 5.98. The summed E-state index contributed by atoms with van der Waals surface area (Å²) in [6.45, 7) is 7.60. The van der Waals surface area contributed by atoms with Crippen LogP contribution in [0.4, 0.5) is 0 Å². The highest BCUT2D eigenvalue weighted by Gasteiger charge is 2.24. The van der Waals surface area contributed by atoms with Crippen LogP contribution >= 0.6 is 0 Å². The second-order valence-corrected chi connectivity index (χ2v) is 5.63. The van der Waals surface area contributed by atoms with Gasteiger partial charge in [-0.1, -0.05) is 12.1 Å². The minimum Gasteiger partial charge on any atom is -0.488 e. The van der Waals surface area contributed by atoms with Gasteiger partial charge in [-0.05, 0) is 24.7 Å². The van der Waals surface area contributed by atoms with Gasteiger partial charge in [0.1, 0.15) is 11.9 Å². The van der Waals surface area contributed by atoms with Gasteiger partial charge < -0.3 is 10.1 Å². The van der Waals surface area contributed by atoms with Crippen molar-refractivity contribution in [2.75, 3.05) is 46.3 Å². The average molecular weight is 261 g/mol. The van der Waals surface area contributed by atoms with Gasteiger partial charge in [-0.25, -0.2) is 0 Å². The molecular weight excluding hydrogens is 238 g/mol. The van der Waals surface area contributed by atoms with Crippen LogP contribution in [0.25, 0.3) is 0 Å². The summed E-state index contributed by atoms with van der Waals surface area (Å²) in [5.41, 5.74) is 1.35. The highest BCUT2D eigenvalue weighted by Crippen LogP contribution is 2.19. The number of likely N-dealkylation sites (N-methyl/N-ethyl adjacent to an activating group) is 1. The predicted octanol–water partition coefficient (Wildman–Crippen LogP) is 0.785. The van der Waals surface area contributed by atoms with Gasteiger partial charge in [0.05, 0.1) is 0 Å². The number of ether oxygens (including phenoxy) is 1. The molecule has 0 unspecified atom stereocenters. The molecule has 104 valence electrons. The molecule has 0 aliphatic carbocycles. The molecule has 1 aromatic carbocycles. The van der Waals surface area contributed by atoms with Gasteiger partial charge in [-0.2, -0.15) is 0 Å². The highest BCUT2D eigenvalue weighted by atomic mass is 16.5. The average Bonchev–Trinajstić information content (AvgIpc) is 2.39. The van der Waals surface area contributed by atoms with E-state index >= 15 is 0 Å². The van der Waals surface area contributed by atoms with Crippen LogP contribution in [-0.2, 0) is 6.54 Å². The second kappa shape index (κ2) is 5.90. The fourth-order valence-corrected chi connectivity index (χ4v) is 2.75. The molecule has 2 saturated heterocycles. The molecule has 0 spiro atoms. The van der Waals surface area contributed by atoms with E-state index in [4.69, 9.17) is 4.74 Å². The lowest BCUT2D eigenvalue weighted by atomic mass is 10.1. The molecular formula is C15H23N3O. The Kier molecular flexibility index (Phi) is 4.01. The quantitative estimate of drug-likeness (QED) is 0.867. The molecule has 0 radical (unpaired) electrons. The number of hydrogen-bond donors (Lipinski definition) is 1. The number of nitrogens with one attached hydrogen (secondary N) is 1. The summed E-state index contributed by atoms with van der Waals surface area (Å²) in [6.07, 6.45) is 0.374. The molecule has 3 rings (SSSR count). The SMILES string of the molecule is CN1CC(Oc2cccc(CN3CCNCC3)c2)C1. The minimum atomic E-state index is 0.374. The third-order valence-corrected chi connectivity index (χ3v) is 3.85. The number of rotatable bonds is 4. The van der Waals surface area contributed by atoms with Crippen molar-refractivity contribution in [3.05, 3.63) is 29.8 Å². The molecule has 4 heteroatoms. The first-order chi connectivity index (χ1) is 9.29. The number of nitrogens with zero attached hydrogens (tertiary/aromatic N) is 2. The Morgan fingerprint density at radius 3 is 2.79 bits per heavy atom. The monoisotopic (exact) mass is 261 g/mol. The van der Waals surface area contributed by atoms with Gasteiger partial charge in [0.25, 0.3) is 0 Å². The van der Waals surface area contributed by atoms with E-state index in [0.29, 0.717) is 6.10 Å². The second-order valence-electron chi connectivity index (χ2n) is 5.63. The molecule has 2 aliphatic rings. The zero-order valence-electron chi connectivity index (χ0n) is 11.6. The van der Waals surface area contributed by atoms with Crippen molar-refractivity contribution in [3.8, 4) is 5.75 Å². The summed E-state index contributed by atoms with van der Waals surface area (Å²) in [5.74, 6) is 1.02. The topological polar surface area (TPSA) is 27.7 Å². The summed E-state index contributed by atoms with van der Waals surface area (Å²) >= 11 is 0. The van der Waals surface area contributed by atoms with Crippen LogP contribution in [0.3, 0.4) is 0 Å². The van der Waals surface area contributed by atoms with E-state index in [1.807, 2.05) is 0 Å². The fraction of sp³-hybridized carbons (Fsp3) is 0.600. The molecule has 2 fully saturated rings. The molecule has 0 atom stereocenters. The third-order valence-electron chi connectivity index (χ3n) is 3.85. The summed E-state index contributed by atoms with van der Waals surface area (Å²) in [5, 5.41) is 3.39. The van der Waals surface area contributed by atoms with Crippen LogP contribution in [0.1, 0.15) is 5.56 Å². The molecule has 4 nitrogen and oxygen atoms in total. The standard InChI is InChI=1S/C15H23N3O/c1-17-11-15(12-17)19-14-4-2-3-13(9-14)10-18-7-5-16-6-8-18/h2-4,9,15-16H,5-8,10-12H2,1H3. The predicted molar refractivity (Wildman–Crippen MR) is 76.5 cm³/mol. The summed E-state index contributed by atoms with van der Waals surface area (Å²) in [4.78, 5) is 4.77. The Balaban J connectivity index is 1.56. The fourth-order valence-electron chi connectivity index (χ4n) is 2.75. The summed E-state index contributed by atoms with van der Waals surface area (Å²) in [7, 11) is 2.13. The van der Waals surface area contributed by atoms with Crippen molar-refractivity contribution in [1.82, 2.24) is 15.1 Å². The van der Waals surface area contributed by atoms with E-state index in [1.165, 1.54) is 5.56 Å². The number of hydrogen-bond acceptors (Lipinski definition) is 4. The molecule has 0 aromatic heterocycles. The molecule has 0 saturated carbocycles. The van der Waals surface area contributed by atoms with Crippen LogP contribution in [0.5, 0.6) is 5.75 Å². The Hall–Kier alpha value is -1.10. The first kappa shape index (κ1) is 12.9. The zero-order chi connectivity index (χ0) is 13.1. The van der Waals surface area contributed by atoms with E-state index in [9.17, 15) is 0 Å². The Morgan fingerprint density at radius 1 is 1.26 bits per heavy atom. The first-order valence-corrected chi connectivity index (χ1v) is 7.17. The van der Waals surface area contributed by atoms with Crippen LogP contribution in [-0.4, -0.2) is 62.2 Å². The van der Waals surface area contributed by atoms with Crippen molar-refractivity contribution in [3.63, 3.8) is 0 Å². The molecule has 0 amide bonds. The van der Waals surface area contributed by atoms with Crippen LogP contribution in [0.2, 0.25) is 0 Å². The number of benzene rings is 1. The van der Waals surface area contributed by atoms with Crippen molar-refractivity contribution >= 4 is 0 Å². The van der Waals surface area contributed by atoms with Crippen molar-refractivity contribution < 1.29 is 4.74 Å². The lowest BCUT2D eigenvalue weighted by Gasteiger charge is -2.36. The molecule has 2 aliphatic heterocycles. The van der Waals surface area contributed by atoms with E-state index in [1.54, 1.807) is 0 Å². The summed E-state index contributed by atoms with van der Waals surface area (Å²) < 4.78 is 5.98. The van der Waals surface area contributed by atoms with Crippen LogP contribution < -0.4 is 10.1 Å². The van der Waals surface area contributed by atoms with E-state index in [0.717, 1.165) is 51.6 Å². The maximum atomic E-state index is 5.98. The molecule has 1 aromatic rings. The van der Waals surface area contributed by atoms with Gasteiger partial charge in [-0.15, -0.1) is 0 Å². The largest absolute Gasteiger partial charge is 0.488 e. The van der Waals surface area contributed by atoms with Gasteiger partial charge in [-0.3, -0.25) is 9.80 Å². The zero-order valence-corrected chi connectivity index (χ0v) is 11.6. The van der Waals surface area contributed by atoms with Crippen molar-refractivity contribution in [2.45, 2.75) is 12.6 Å². The lowest BCUT2D eigenvalue weighted by molar-refractivity contribution is 0.0387. The van der Waals surface area contributed by atoms with E-state index < -0.39 is 0 Å². The normalized spacial score (nSPS) is 22.2. The molecule has 2 heterocycles. The highest BCUT2D eigenvalue weighted by molar-refractivity contribution is 5.29. The number of piperazine rings is 1. The minimum absolute atomic E-state index is 0.374. The third kappa shape index (κ3) is 3.47. The van der Waals surface area contributed by atoms with Gasteiger partial charge in [0, 0.05) is 45.8 Å². The Labute approximate surface area is 115 Å².